The third kappa shape index (κ3) is 4.99. The largest absolute Gasteiger partial charge is 0.480 e. The number of nitriles is 1. The van der Waals surface area contributed by atoms with Gasteiger partial charge in [0.25, 0.3) is 0 Å². The number of sulfonamides is 1. The maximum Gasteiger partial charge on any atom is 0.238 e. The summed E-state index contributed by atoms with van der Waals surface area (Å²) in [6.07, 6.45) is 4.35. The number of hydrogen-bond donors (Lipinski definition) is 1. The maximum absolute atomic E-state index is 11.8. The standard InChI is InChI=1S/C23H25N5O3S2/c1-14-12-28(13-15(2)32-14)22-18(9-24)11-25-20-6-5-16(7-19(20)22)17-8-21(27-33(4,29)30)23(31-3)26-10-17/h5-8,10-11,14-15,27H,12-13H2,1-4H3/t14-,15-/m0/s1. The highest BCUT2D eigenvalue weighted by atomic mass is 32.2. The van der Waals surface area contributed by atoms with Crippen LogP contribution in [-0.4, -0.2) is 55.3 Å². The molecule has 3 aromatic rings. The molecule has 3 heterocycles. The first-order valence-corrected chi connectivity index (χ1v) is 13.3. The molecule has 0 unspecified atom stereocenters. The number of nitrogens with zero attached hydrogens (tertiary/aromatic N) is 4. The van der Waals surface area contributed by atoms with Crippen LogP contribution < -0.4 is 14.4 Å². The third-order valence-electron chi connectivity index (χ3n) is 5.37. The van der Waals surface area contributed by atoms with Gasteiger partial charge in [-0.2, -0.15) is 17.0 Å². The van der Waals surface area contributed by atoms with E-state index in [-0.39, 0.29) is 11.6 Å². The van der Waals surface area contributed by atoms with Crippen LogP contribution in [0.1, 0.15) is 19.4 Å². The molecule has 1 aliphatic rings. The van der Waals surface area contributed by atoms with Crippen LogP contribution in [-0.2, 0) is 10.0 Å². The lowest BCUT2D eigenvalue weighted by atomic mass is 10.0. The van der Waals surface area contributed by atoms with E-state index in [9.17, 15) is 13.7 Å². The van der Waals surface area contributed by atoms with Gasteiger partial charge in [0.2, 0.25) is 15.9 Å². The number of anilines is 2. The second kappa shape index (κ2) is 9.08. The monoisotopic (exact) mass is 483 g/mol. The van der Waals surface area contributed by atoms with Crippen molar-refractivity contribution in [1.29, 1.82) is 5.26 Å². The van der Waals surface area contributed by atoms with Crippen molar-refractivity contribution in [3.63, 3.8) is 0 Å². The zero-order chi connectivity index (χ0) is 23.8. The summed E-state index contributed by atoms with van der Waals surface area (Å²) in [5.41, 5.74) is 4.03. The molecule has 0 saturated carbocycles. The summed E-state index contributed by atoms with van der Waals surface area (Å²) in [6.45, 7) is 6.10. The predicted octanol–water partition coefficient (Wildman–Crippen LogP) is 3.88. The number of fused-ring (bicyclic) bond motifs is 1. The van der Waals surface area contributed by atoms with Gasteiger partial charge in [-0.3, -0.25) is 9.71 Å². The quantitative estimate of drug-likeness (QED) is 0.582. The number of ether oxygens (including phenoxy) is 1. The summed E-state index contributed by atoms with van der Waals surface area (Å²) in [5, 5.41) is 11.6. The Morgan fingerprint density at radius 2 is 1.88 bits per heavy atom. The van der Waals surface area contributed by atoms with Crippen molar-refractivity contribution in [2.45, 2.75) is 24.3 Å². The molecule has 0 bridgehead atoms. The third-order valence-corrected chi connectivity index (χ3v) is 7.19. The predicted molar refractivity (Wildman–Crippen MR) is 133 cm³/mol. The van der Waals surface area contributed by atoms with E-state index in [1.807, 2.05) is 30.0 Å². The Hall–Kier alpha value is -3.03. The van der Waals surface area contributed by atoms with E-state index >= 15 is 0 Å². The molecule has 1 fully saturated rings. The van der Waals surface area contributed by atoms with Crippen LogP contribution in [0.25, 0.3) is 22.0 Å². The van der Waals surface area contributed by atoms with Gasteiger partial charge >= 0.3 is 0 Å². The van der Waals surface area contributed by atoms with Crippen LogP contribution >= 0.6 is 11.8 Å². The van der Waals surface area contributed by atoms with E-state index in [1.165, 1.54) is 7.11 Å². The number of pyridine rings is 2. The summed E-state index contributed by atoms with van der Waals surface area (Å²) < 4.78 is 31.3. The molecular weight excluding hydrogens is 458 g/mol. The highest BCUT2D eigenvalue weighted by Crippen LogP contribution is 2.37. The molecule has 1 saturated heterocycles. The second-order valence-electron chi connectivity index (χ2n) is 8.18. The Kier molecular flexibility index (Phi) is 6.36. The fraction of sp³-hybridized carbons (Fsp3) is 0.348. The Balaban J connectivity index is 1.86. The van der Waals surface area contributed by atoms with Gasteiger partial charge in [0.15, 0.2) is 0 Å². The summed E-state index contributed by atoms with van der Waals surface area (Å²) >= 11 is 1.95. The van der Waals surface area contributed by atoms with Crippen LogP contribution in [0.3, 0.4) is 0 Å². The average Bonchev–Trinajstić information content (AvgIpc) is 2.76. The molecule has 1 aromatic carbocycles. The average molecular weight is 484 g/mol. The summed E-state index contributed by atoms with van der Waals surface area (Å²) in [4.78, 5) is 11.0. The number of nitrogens with one attached hydrogen (secondary N) is 1. The highest BCUT2D eigenvalue weighted by Gasteiger charge is 2.26. The van der Waals surface area contributed by atoms with Crippen molar-refractivity contribution >= 4 is 44.1 Å². The van der Waals surface area contributed by atoms with Crippen molar-refractivity contribution in [2.75, 3.05) is 36.1 Å². The van der Waals surface area contributed by atoms with Crippen LogP contribution in [0.4, 0.5) is 11.4 Å². The highest BCUT2D eigenvalue weighted by molar-refractivity contribution is 8.00. The van der Waals surface area contributed by atoms with Crippen LogP contribution in [0.15, 0.2) is 36.7 Å². The van der Waals surface area contributed by atoms with Gasteiger partial charge in [-0.1, -0.05) is 19.9 Å². The molecule has 0 amide bonds. The molecule has 0 aliphatic carbocycles. The number of thioether (sulfide) groups is 1. The molecule has 0 radical (unpaired) electrons. The van der Waals surface area contributed by atoms with Gasteiger partial charge in [0.05, 0.1) is 30.1 Å². The molecule has 2 atom stereocenters. The first-order valence-electron chi connectivity index (χ1n) is 10.4. The minimum Gasteiger partial charge on any atom is -0.480 e. The Bertz CT molecular complexity index is 1340. The maximum atomic E-state index is 11.8. The van der Waals surface area contributed by atoms with E-state index in [0.717, 1.165) is 41.5 Å². The molecule has 1 aliphatic heterocycles. The van der Waals surface area contributed by atoms with E-state index in [0.29, 0.717) is 21.6 Å². The van der Waals surface area contributed by atoms with Crippen molar-refractivity contribution in [2.24, 2.45) is 0 Å². The summed E-state index contributed by atoms with van der Waals surface area (Å²) in [5.74, 6) is 0.188. The van der Waals surface area contributed by atoms with Crippen molar-refractivity contribution in [3.05, 3.63) is 42.2 Å². The Morgan fingerprint density at radius 1 is 1.15 bits per heavy atom. The molecule has 33 heavy (non-hydrogen) atoms. The summed E-state index contributed by atoms with van der Waals surface area (Å²) in [6, 6.07) is 9.81. The van der Waals surface area contributed by atoms with Crippen LogP contribution in [0, 0.1) is 11.3 Å². The SMILES string of the molecule is COc1ncc(-c2ccc3ncc(C#N)c(N4C[C@H](C)S[C@@H](C)C4)c3c2)cc1NS(C)(=O)=O. The van der Waals surface area contributed by atoms with Crippen molar-refractivity contribution < 1.29 is 13.2 Å². The number of methoxy groups -OCH3 is 1. The lowest BCUT2D eigenvalue weighted by Gasteiger charge is -2.37. The topological polar surface area (TPSA) is 108 Å². The van der Waals surface area contributed by atoms with Crippen molar-refractivity contribution in [3.8, 4) is 23.1 Å². The number of aromatic nitrogens is 2. The lowest BCUT2D eigenvalue weighted by molar-refractivity contribution is 0.400. The van der Waals surface area contributed by atoms with Crippen LogP contribution in [0.5, 0.6) is 5.88 Å². The van der Waals surface area contributed by atoms with E-state index in [1.54, 1.807) is 18.5 Å². The zero-order valence-corrected chi connectivity index (χ0v) is 20.5. The second-order valence-corrected chi connectivity index (χ2v) is 11.8. The van der Waals surface area contributed by atoms with Gasteiger partial charge in [-0.25, -0.2) is 13.4 Å². The molecule has 2 aromatic heterocycles. The minimum absolute atomic E-state index is 0.188. The van der Waals surface area contributed by atoms with Gasteiger partial charge < -0.3 is 9.64 Å². The van der Waals surface area contributed by atoms with Crippen LogP contribution in [0.2, 0.25) is 0 Å². The molecule has 172 valence electrons. The minimum atomic E-state index is -3.51. The Morgan fingerprint density at radius 3 is 2.52 bits per heavy atom. The fourth-order valence-electron chi connectivity index (χ4n) is 4.19. The Labute approximate surface area is 198 Å². The molecule has 8 nitrogen and oxygen atoms in total. The number of rotatable bonds is 5. The molecule has 4 rings (SSSR count). The normalized spacial score (nSPS) is 18.7. The van der Waals surface area contributed by atoms with E-state index in [4.69, 9.17) is 4.74 Å². The van der Waals surface area contributed by atoms with E-state index in [2.05, 4.69) is 39.5 Å². The van der Waals surface area contributed by atoms with E-state index < -0.39 is 10.0 Å². The number of hydrogen-bond acceptors (Lipinski definition) is 8. The molecule has 10 heteroatoms. The smallest absolute Gasteiger partial charge is 0.238 e. The van der Waals surface area contributed by atoms with Crippen molar-refractivity contribution in [1.82, 2.24) is 9.97 Å². The first kappa shape index (κ1) is 23.1. The van der Waals surface area contributed by atoms with Gasteiger partial charge in [0.1, 0.15) is 11.8 Å². The van der Waals surface area contributed by atoms with Gasteiger partial charge in [-0.15, -0.1) is 0 Å². The first-order chi connectivity index (χ1) is 15.7. The number of benzene rings is 1. The fourth-order valence-corrected chi connectivity index (χ4v) is 6.06. The zero-order valence-electron chi connectivity index (χ0n) is 18.9. The molecule has 0 spiro atoms. The van der Waals surface area contributed by atoms with Gasteiger partial charge in [0, 0.05) is 46.9 Å². The lowest BCUT2D eigenvalue weighted by Crippen LogP contribution is -2.40. The molecule has 1 N–H and O–H groups in total. The van der Waals surface area contributed by atoms with Gasteiger partial charge in [-0.05, 0) is 23.8 Å². The molecular formula is C23H25N5O3S2. The summed E-state index contributed by atoms with van der Waals surface area (Å²) in [7, 11) is -2.07.